The molecule has 0 unspecified atom stereocenters. The summed E-state index contributed by atoms with van der Waals surface area (Å²) in [5, 5.41) is 3.05. The van der Waals surface area contributed by atoms with E-state index < -0.39 is 28.5 Å². The first-order valence-corrected chi connectivity index (χ1v) is 13.7. The van der Waals surface area contributed by atoms with Gasteiger partial charge in [-0.1, -0.05) is 65.2 Å². The van der Waals surface area contributed by atoms with Crippen LogP contribution in [0.3, 0.4) is 0 Å². The van der Waals surface area contributed by atoms with Crippen molar-refractivity contribution >= 4 is 43.5 Å². The third kappa shape index (κ3) is 7.04. The van der Waals surface area contributed by atoms with Crippen molar-refractivity contribution in [1.82, 2.24) is 10.2 Å². The minimum absolute atomic E-state index is 0.128. The molecule has 2 amide bonds. The number of rotatable bonds is 9. The third-order valence-electron chi connectivity index (χ3n) is 5.84. The molecule has 1 aliphatic rings. The van der Waals surface area contributed by atoms with Gasteiger partial charge in [0.2, 0.25) is 21.8 Å². The van der Waals surface area contributed by atoms with Gasteiger partial charge >= 0.3 is 0 Å². The Balaban J connectivity index is 1.85. The molecule has 0 aliphatic heterocycles. The molecule has 0 aromatic heterocycles. The van der Waals surface area contributed by atoms with Gasteiger partial charge in [0, 0.05) is 17.1 Å². The van der Waals surface area contributed by atoms with Crippen LogP contribution >= 0.6 is 15.9 Å². The van der Waals surface area contributed by atoms with Crippen LogP contribution < -0.4 is 9.62 Å². The average Bonchev–Trinajstić information content (AvgIpc) is 3.28. The van der Waals surface area contributed by atoms with E-state index in [4.69, 9.17) is 0 Å². The molecule has 0 heterocycles. The lowest BCUT2D eigenvalue weighted by molar-refractivity contribution is -0.139. The molecule has 1 fully saturated rings. The molecule has 1 N–H and O–H groups in total. The zero-order valence-corrected chi connectivity index (χ0v) is 21.3. The number of carbonyl (C=O) groups is 2. The summed E-state index contributed by atoms with van der Waals surface area (Å²) < 4.78 is 26.9. The standard InChI is InChI=1S/C24H30BrN3O4S/c1-18(24(30)26-21-12-6-7-13-21)27(16-19-9-4-3-5-10-19)23(29)17-28(33(2,31)32)22-14-8-11-20(25)15-22/h3-5,8-11,14-15,18,21H,6-7,12-13,16-17H2,1-2H3,(H,26,30)/t18-/m0/s1. The van der Waals surface area contributed by atoms with Crippen molar-refractivity contribution in [3.05, 3.63) is 64.6 Å². The minimum atomic E-state index is -3.74. The second-order valence-electron chi connectivity index (χ2n) is 8.42. The zero-order chi connectivity index (χ0) is 24.0. The molecular formula is C24H30BrN3O4S. The van der Waals surface area contributed by atoms with Crippen LogP contribution in [-0.4, -0.2) is 50.0 Å². The SMILES string of the molecule is C[C@@H](C(=O)NC1CCCC1)N(Cc1ccccc1)C(=O)CN(c1cccc(Br)c1)S(C)(=O)=O. The lowest BCUT2D eigenvalue weighted by Crippen LogP contribution is -2.52. The molecule has 1 aliphatic carbocycles. The summed E-state index contributed by atoms with van der Waals surface area (Å²) in [5.41, 5.74) is 1.24. The van der Waals surface area contributed by atoms with Crippen molar-refractivity contribution in [3.8, 4) is 0 Å². The quantitative estimate of drug-likeness (QED) is 0.530. The molecule has 33 heavy (non-hydrogen) atoms. The van der Waals surface area contributed by atoms with Gasteiger partial charge in [0.05, 0.1) is 11.9 Å². The Bertz CT molecular complexity index is 1070. The van der Waals surface area contributed by atoms with Gasteiger partial charge in [-0.15, -0.1) is 0 Å². The number of carbonyl (C=O) groups excluding carboxylic acids is 2. The number of hydrogen-bond donors (Lipinski definition) is 1. The highest BCUT2D eigenvalue weighted by molar-refractivity contribution is 9.10. The molecule has 0 spiro atoms. The topological polar surface area (TPSA) is 86.8 Å². The Morgan fingerprint density at radius 2 is 1.76 bits per heavy atom. The zero-order valence-electron chi connectivity index (χ0n) is 18.9. The Labute approximate surface area is 204 Å². The van der Waals surface area contributed by atoms with Crippen molar-refractivity contribution in [3.63, 3.8) is 0 Å². The maximum atomic E-state index is 13.5. The van der Waals surface area contributed by atoms with Gasteiger partial charge in [-0.3, -0.25) is 13.9 Å². The molecule has 3 rings (SSSR count). The Morgan fingerprint density at radius 1 is 1.09 bits per heavy atom. The van der Waals surface area contributed by atoms with E-state index in [1.54, 1.807) is 31.2 Å². The summed E-state index contributed by atoms with van der Waals surface area (Å²) in [6.07, 6.45) is 5.12. The van der Waals surface area contributed by atoms with Crippen molar-refractivity contribution in [2.24, 2.45) is 0 Å². The van der Waals surface area contributed by atoms with Crippen LogP contribution in [0.1, 0.15) is 38.2 Å². The molecule has 2 aromatic rings. The second-order valence-corrected chi connectivity index (χ2v) is 11.2. The maximum Gasteiger partial charge on any atom is 0.244 e. The number of nitrogens with one attached hydrogen (secondary N) is 1. The van der Waals surface area contributed by atoms with Gasteiger partial charge in [0.1, 0.15) is 12.6 Å². The summed E-state index contributed by atoms with van der Waals surface area (Å²) in [5.74, 6) is -0.669. The third-order valence-corrected chi connectivity index (χ3v) is 7.47. The Hall–Kier alpha value is -2.39. The highest BCUT2D eigenvalue weighted by atomic mass is 79.9. The highest BCUT2D eigenvalue weighted by Crippen LogP contribution is 2.23. The highest BCUT2D eigenvalue weighted by Gasteiger charge is 2.31. The summed E-state index contributed by atoms with van der Waals surface area (Å²) in [4.78, 5) is 27.9. The number of nitrogens with zero attached hydrogens (tertiary/aromatic N) is 2. The van der Waals surface area contributed by atoms with Gasteiger partial charge in [-0.05, 0) is 43.5 Å². The van der Waals surface area contributed by atoms with E-state index in [1.807, 2.05) is 30.3 Å². The normalized spacial score (nSPS) is 15.1. The fourth-order valence-electron chi connectivity index (χ4n) is 4.00. The predicted octanol–water partition coefficient (Wildman–Crippen LogP) is 3.69. The average molecular weight is 536 g/mol. The fraction of sp³-hybridized carbons (Fsp3) is 0.417. The number of anilines is 1. The minimum Gasteiger partial charge on any atom is -0.352 e. The van der Waals surface area contributed by atoms with Crippen LogP contribution in [0.2, 0.25) is 0 Å². The summed E-state index contributed by atoms with van der Waals surface area (Å²) in [6, 6.07) is 15.5. The van der Waals surface area contributed by atoms with Crippen molar-refractivity contribution < 1.29 is 18.0 Å². The van der Waals surface area contributed by atoms with Gasteiger partial charge in [-0.2, -0.15) is 0 Å². The fourth-order valence-corrected chi connectivity index (χ4v) is 5.23. The van der Waals surface area contributed by atoms with E-state index in [2.05, 4.69) is 21.2 Å². The predicted molar refractivity (Wildman–Crippen MR) is 133 cm³/mol. The first-order valence-electron chi connectivity index (χ1n) is 11.0. The van der Waals surface area contributed by atoms with Gasteiger partial charge < -0.3 is 10.2 Å². The lowest BCUT2D eigenvalue weighted by Gasteiger charge is -2.32. The van der Waals surface area contributed by atoms with Crippen molar-refractivity contribution in [2.75, 3.05) is 17.1 Å². The van der Waals surface area contributed by atoms with Crippen LogP contribution in [0.15, 0.2) is 59.1 Å². The van der Waals surface area contributed by atoms with Crippen LogP contribution in [0.4, 0.5) is 5.69 Å². The van der Waals surface area contributed by atoms with E-state index >= 15 is 0 Å². The molecule has 0 bridgehead atoms. The van der Waals surface area contributed by atoms with E-state index in [0.717, 1.165) is 41.8 Å². The number of halogens is 1. The molecule has 0 saturated heterocycles. The Morgan fingerprint density at radius 3 is 2.36 bits per heavy atom. The van der Waals surface area contributed by atoms with E-state index in [9.17, 15) is 18.0 Å². The van der Waals surface area contributed by atoms with E-state index in [-0.39, 0.29) is 18.5 Å². The molecule has 9 heteroatoms. The van der Waals surface area contributed by atoms with Crippen molar-refractivity contribution in [1.29, 1.82) is 0 Å². The smallest absolute Gasteiger partial charge is 0.244 e. The molecule has 178 valence electrons. The van der Waals surface area contributed by atoms with Crippen LogP contribution in [0, 0.1) is 0 Å². The van der Waals surface area contributed by atoms with Crippen LogP contribution in [0.5, 0.6) is 0 Å². The molecular weight excluding hydrogens is 506 g/mol. The first kappa shape index (κ1) is 25.2. The number of sulfonamides is 1. The summed E-state index contributed by atoms with van der Waals surface area (Å²) in [6.45, 7) is 1.49. The van der Waals surface area contributed by atoms with Crippen molar-refractivity contribution in [2.45, 2.75) is 51.2 Å². The monoisotopic (exact) mass is 535 g/mol. The maximum absolute atomic E-state index is 13.5. The largest absolute Gasteiger partial charge is 0.352 e. The molecule has 7 nitrogen and oxygen atoms in total. The second kappa shape index (κ2) is 11.2. The number of hydrogen-bond acceptors (Lipinski definition) is 4. The summed E-state index contributed by atoms with van der Waals surface area (Å²) >= 11 is 3.35. The number of amides is 2. The molecule has 2 aromatic carbocycles. The van der Waals surface area contributed by atoms with Gasteiger partial charge in [0.15, 0.2) is 0 Å². The van der Waals surface area contributed by atoms with E-state index in [0.29, 0.717) is 10.2 Å². The first-order chi connectivity index (χ1) is 15.6. The van der Waals surface area contributed by atoms with E-state index in [1.165, 1.54) is 4.90 Å². The van der Waals surface area contributed by atoms with Crippen LogP contribution in [0.25, 0.3) is 0 Å². The van der Waals surface area contributed by atoms with Crippen LogP contribution in [-0.2, 0) is 26.2 Å². The summed E-state index contributed by atoms with van der Waals surface area (Å²) in [7, 11) is -3.74. The van der Waals surface area contributed by atoms with Gasteiger partial charge in [0.25, 0.3) is 0 Å². The number of benzene rings is 2. The molecule has 1 saturated carbocycles. The van der Waals surface area contributed by atoms with Gasteiger partial charge in [-0.25, -0.2) is 8.42 Å². The lowest BCUT2D eigenvalue weighted by atomic mass is 10.1. The molecule has 1 atom stereocenters. The Kier molecular flexibility index (Phi) is 8.53. The molecule has 0 radical (unpaired) electrons.